The molecule has 0 radical (unpaired) electrons. The summed E-state index contributed by atoms with van der Waals surface area (Å²) in [5, 5.41) is 17.6. The highest BCUT2D eigenvalue weighted by Crippen LogP contribution is 2.29. The fourth-order valence-corrected chi connectivity index (χ4v) is 3.08. The predicted molar refractivity (Wildman–Crippen MR) is 71.0 cm³/mol. The molecule has 0 aliphatic rings. The van der Waals surface area contributed by atoms with Gasteiger partial charge in [0.15, 0.2) is 4.34 Å². The maximum atomic E-state index is 10.4. The lowest BCUT2D eigenvalue weighted by atomic mass is 10.2. The third-order valence-electron chi connectivity index (χ3n) is 2.42. The van der Waals surface area contributed by atoms with Gasteiger partial charge in [0.05, 0.1) is 5.75 Å². The van der Waals surface area contributed by atoms with Crippen molar-refractivity contribution < 1.29 is 9.90 Å². The van der Waals surface area contributed by atoms with Crippen molar-refractivity contribution in [2.75, 3.05) is 17.2 Å². The Kier molecular flexibility index (Phi) is 5.70. The van der Waals surface area contributed by atoms with Crippen LogP contribution in [-0.2, 0) is 4.79 Å². The molecule has 1 rings (SSSR count). The molecule has 1 atom stereocenters. The van der Waals surface area contributed by atoms with E-state index < -0.39 is 5.97 Å². The van der Waals surface area contributed by atoms with E-state index in [2.05, 4.69) is 35.9 Å². The van der Waals surface area contributed by atoms with E-state index in [1.807, 2.05) is 0 Å². The van der Waals surface area contributed by atoms with Gasteiger partial charge >= 0.3 is 5.97 Å². The lowest BCUT2D eigenvalue weighted by molar-refractivity contribution is -0.133. The summed E-state index contributed by atoms with van der Waals surface area (Å²) in [6.07, 6.45) is 1.05. The summed E-state index contributed by atoms with van der Waals surface area (Å²) in [4.78, 5) is 12.6. The van der Waals surface area contributed by atoms with E-state index in [1.54, 1.807) is 0 Å². The molecule has 1 heterocycles. The number of carboxylic acids is 1. The smallest absolute Gasteiger partial charge is 0.313 e. The van der Waals surface area contributed by atoms with E-state index in [0.29, 0.717) is 10.4 Å². The number of hydrogen-bond donors (Lipinski definition) is 1. The van der Waals surface area contributed by atoms with Crippen molar-refractivity contribution in [1.82, 2.24) is 10.2 Å². The van der Waals surface area contributed by atoms with Gasteiger partial charge in [-0.1, -0.05) is 30.0 Å². The normalized spacial score (nSPS) is 12.4. The van der Waals surface area contributed by atoms with Crippen molar-refractivity contribution in [2.24, 2.45) is 0 Å². The van der Waals surface area contributed by atoms with Crippen LogP contribution in [0.1, 0.15) is 27.2 Å². The molecule has 7 heteroatoms. The summed E-state index contributed by atoms with van der Waals surface area (Å²) in [6.45, 7) is 7.24. The highest BCUT2D eigenvalue weighted by atomic mass is 32.2. The molecular formula is C10H17N3O2S2. The molecule has 96 valence electrons. The number of hydrogen-bond acceptors (Lipinski definition) is 6. The zero-order valence-corrected chi connectivity index (χ0v) is 11.8. The van der Waals surface area contributed by atoms with Crippen LogP contribution >= 0.6 is 23.1 Å². The summed E-state index contributed by atoms with van der Waals surface area (Å²) < 4.78 is 0.712. The van der Waals surface area contributed by atoms with E-state index >= 15 is 0 Å². The Hall–Kier alpha value is -0.820. The molecule has 1 aromatic rings. The molecule has 1 aromatic heterocycles. The van der Waals surface area contributed by atoms with Crippen LogP contribution in [0, 0.1) is 0 Å². The molecule has 0 spiro atoms. The fourth-order valence-electron chi connectivity index (χ4n) is 1.36. The molecule has 17 heavy (non-hydrogen) atoms. The largest absolute Gasteiger partial charge is 0.481 e. The van der Waals surface area contributed by atoms with Crippen molar-refractivity contribution in [3.8, 4) is 0 Å². The highest BCUT2D eigenvalue weighted by Gasteiger charge is 2.16. The van der Waals surface area contributed by atoms with Crippen molar-refractivity contribution >= 4 is 34.2 Å². The predicted octanol–water partition coefficient (Wildman–Crippen LogP) is 2.34. The third kappa shape index (κ3) is 4.16. The maximum Gasteiger partial charge on any atom is 0.313 e. The lowest BCUT2D eigenvalue weighted by Gasteiger charge is -2.25. The average molecular weight is 275 g/mol. The molecule has 0 bridgehead atoms. The van der Waals surface area contributed by atoms with Gasteiger partial charge in [0.1, 0.15) is 0 Å². The molecule has 1 unspecified atom stereocenters. The van der Waals surface area contributed by atoms with Gasteiger partial charge in [-0.3, -0.25) is 4.79 Å². The summed E-state index contributed by atoms with van der Waals surface area (Å²) in [7, 11) is 0. The minimum absolute atomic E-state index is 0.0318. The molecule has 0 aliphatic carbocycles. The first-order chi connectivity index (χ1) is 8.08. The summed E-state index contributed by atoms with van der Waals surface area (Å²) >= 11 is 2.67. The van der Waals surface area contributed by atoms with Crippen LogP contribution in [0.15, 0.2) is 4.34 Å². The van der Waals surface area contributed by atoms with Gasteiger partial charge in [-0.05, 0) is 20.3 Å². The Bertz CT molecular complexity index is 370. The van der Waals surface area contributed by atoms with Crippen LogP contribution in [0.25, 0.3) is 0 Å². The molecule has 0 amide bonds. The Morgan fingerprint density at radius 1 is 1.53 bits per heavy atom. The molecule has 0 saturated heterocycles. The van der Waals surface area contributed by atoms with E-state index in [1.165, 1.54) is 23.1 Å². The molecule has 1 N–H and O–H groups in total. The number of rotatable bonds is 7. The van der Waals surface area contributed by atoms with Crippen LogP contribution in [0.2, 0.25) is 0 Å². The number of aromatic nitrogens is 2. The number of carbonyl (C=O) groups is 1. The number of thioether (sulfide) groups is 1. The first-order valence-electron chi connectivity index (χ1n) is 5.53. The SMILES string of the molecule is CCC(C)N(CC)c1nnc(SCC(=O)O)s1. The first kappa shape index (κ1) is 14.2. The maximum absolute atomic E-state index is 10.4. The molecule has 0 saturated carbocycles. The van der Waals surface area contributed by atoms with Gasteiger partial charge in [-0.25, -0.2) is 0 Å². The van der Waals surface area contributed by atoms with Gasteiger partial charge in [0, 0.05) is 12.6 Å². The highest BCUT2D eigenvalue weighted by molar-refractivity contribution is 8.01. The number of anilines is 1. The average Bonchev–Trinajstić information content (AvgIpc) is 2.75. The van der Waals surface area contributed by atoms with Gasteiger partial charge in [-0.15, -0.1) is 10.2 Å². The Morgan fingerprint density at radius 3 is 2.76 bits per heavy atom. The van der Waals surface area contributed by atoms with Crippen LogP contribution < -0.4 is 4.90 Å². The van der Waals surface area contributed by atoms with Crippen molar-refractivity contribution in [2.45, 2.75) is 37.6 Å². The number of carboxylic acid groups (broad SMARTS) is 1. The minimum atomic E-state index is -0.832. The lowest BCUT2D eigenvalue weighted by Crippen LogP contribution is -2.32. The zero-order chi connectivity index (χ0) is 12.8. The molecule has 0 fully saturated rings. The summed E-state index contributed by atoms with van der Waals surface area (Å²) in [6, 6.07) is 0.422. The van der Waals surface area contributed by atoms with Gasteiger partial charge in [-0.2, -0.15) is 0 Å². The molecule has 0 aliphatic heterocycles. The number of aliphatic carboxylic acids is 1. The second-order valence-corrected chi connectivity index (χ2v) is 5.75. The summed E-state index contributed by atoms with van der Waals surface area (Å²) in [5.41, 5.74) is 0. The van der Waals surface area contributed by atoms with Crippen molar-refractivity contribution in [3.05, 3.63) is 0 Å². The number of nitrogens with zero attached hydrogens (tertiary/aromatic N) is 3. The van der Waals surface area contributed by atoms with Crippen molar-refractivity contribution in [3.63, 3.8) is 0 Å². The van der Waals surface area contributed by atoms with Crippen LogP contribution in [0.4, 0.5) is 5.13 Å². The summed E-state index contributed by atoms with van der Waals surface area (Å²) in [5.74, 6) is -0.801. The standard InChI is InChI=1S/C10H17N3O2S2/c1-4-7(3)13(5-2)9-11-12-10(17-9)16-6-8(14)15/h7H,4-6H2,1-3H3,(H,14,15). The molecule has 0 aromatic carbocycles. The quantitative estimate of drug-likeness (QED) is 0.770. The first-order valence-corrected chi connectivity index (χ1v) is 7.33. The van der Waals surface area contributed by atoms with E-state index in [9.17, 15) is 4.79 Å². The molecular weight excluding hydrogens is 258 g/mol. The van der Waals surface area contributed by atoms with Gasteiger partial charge in [0.2, 0.25) is 5.13 Å². The van der Waals surface area contributed by atoms with Crippen LogP contribution in [0.3, 0.4) is 0 Å². The van der Waals surface area contributed by atoms with E-state index in [-0.39, 0.29) is 5.75 Å². The Labute approximate surface area is 109 Å². The van der Waals surface area contributed by atoms with E-state index in [0.717, 1.165) is 18.1 Å². The molecule has 5 nitrogen and oxygen atoms in total. The van der Waals surface area contributed by atoms with Crippen LogP contribution in [-0.4, -0.2) is 39.6 Å². The van der Waals surface area contributed by atoms with Gasteiger partial charge in [0.25, 0.3) is 0 Å². The second-order valence-electron chi connectivity index (χ2n) is 3.58. The fraction of sp³-hybridized carbons (Fsp3) is 0.700. The minimum Gasteiger partial charge on any atom is -0.481 e. The second kappa shape index (κ2) is 6.80. The Balaban J connectivity index is 2.68. The van der Waals surface area contributed by atoms with E-state index in [4.69, 9.17) is 5.11 Å². The monoisotopic (exact) mass is 275 g/mol. The topological polar surface area (TPSA) is 66.3 Å². The van der Waals surface area contributed by atoms with Crippen LogP contribution in [0.5, 0.6) is 0 Å². The zero-order valence-electron chi connectivity index (χ0n) is 10.2. The Morgan fingerprint density at radius 2 is 2.24 bits per heavy atom. The third-order valence-corrected chi connectivity index (χ3v) is 4.50. The van der Waals surface area contributed by atoms with Crippen molar-refractivity contribution in [1.29, 1.82) is 0 Å². The van der Waals surface area contributed by atoms with Gasteiger partial charge < -0.3 is 10.0 Å².